The predicted octanol–water partition coefficient (Wildman–Crippen LogP) is 1.66. The van der Waals surface area contributed by atoms with Gasteiger partial charge in [-0.25, -0.2) is 9.59 Å². The second-order valence-electron chi connectivity index (χ2n) is 3.58. The molecule has 4 heteroatoms. The number of aliphatic carboxylic acids is 2. The lowest BCUT2D eigenvalue weighted by molar-refractivity contribution is -0.135. The SMILES string of the molecule is O=C(O)/C=C(/C(=O)O)C1CCCCC1. The van der Waals surface area contributed by atoms with Gasteiger partial charge in [0, 0.05) is 11.6 Å². The van der Waals surface area contributed by atoms with Crippen molar-refractivity contribution >= 4 is 11.9 Å². The van der Waals surface area contributed by atoms with Gasteiger partial charge in [-0.3, -0.25) is 0 Å². The van der Waals surface area contributed by atoms with Crippen molar-refractivity contribution < 1.29 is 19.8 Å². The molecule has 1 rings (SSSR count). The standard InChI is InChI=1S/C10H14O4/c11-9(12)6-8(10(13)14)7-4-2-1-3-5-7/h6-7H,1-5H2,(H,11,12)(H,13,14)/b8-6+. The molecule has 0 bridgehead atoms. The van der Waals surface area contributed by atoms with Gasteiger partial charge in [-0.1, -0.05) is 19.3 Å². The quantitative estimate of drug-likeness (QED) is 0.676. The lowest BCUT2D eigenvalue weighted by atomic mass is 9.83. The molecule has 78 valence electrons. The Morgan fingerprint density at radius 3 is 2.07 bits per heavy atom. The lowest BCUT2D eigenvalue weighted by Gasteiger charge is -2.21. The van der Waals surface area contributed by atoms with E-state index in [4.69, 9.17) is 10.2 Å². The number of carboxylic acids is 2. The van der Waals surface area contributed by atoms with Crippen molar-refractivity contribution in [2.24, 2.45) is 5.92 Å². The highest BCUT2D eigenvalue weighted by molar-refractivity contribution is 5.95. The van der Waals surface area contributed by atoms with Gasteiger partial charge in [0.05, 0.1) is 0 Å². The molecule has 0 aromatic heterocycles. The van der Waals surface area contributed by atoms with Crippen molar-refractivity contribution in [2.45, 2.75) is 32.1 Å². The molecule has 0 unspecified atom stereocenters. The summed E-state index contributed by atoms with van der Waals surface area (Å²) in [4.78, 5) is 21.2. The summed E-state index contributed by atoms with van der Waals surface area (Å²) in [6, 6.07) is 0. The van der Waals surface area contributed by atoms with E-state index in [1.165, 1.54) is 0 Å². The van der Waals surface area contributed by atoms with Gasteiger partial charge in [0.25, 0.3) is 0 Å². The van der Waals surface area contributed by atoms with Crippen molar-refractivity contribution in [1.29, 1.82) is 0 Å². The maximum absolute atomic E-state index is 10.8. The summed E-state index contributed by atoms with van der Waals surface area (Å²) in [5, 5.41) is 17.4. The Balaban J connectivity index is 2.76. The molecule has 0 aliphatic heterocycles. The molecule has 0 heterocycles. The van der Waals surface area contributed by atoms with Gasteiger partial charge >= 0.3 is 11.9 Å². The smallest absolute Gasteiger partial charge is 0.332 e. The summed E-state index contributed by atoms with van der Waals surface area (Å²) in [5.41, 5.74) is 0.0530. The molecule has 0 amide bonds. The van der Waals surface area contributed by atoms with E-state index in [2.05, 4.69) is 0 Å². The molecular formula is C10H14O4. The first-order valence-corrected chi connectivity index (χ1v) is 4.79. The highest BCUT2D eigenvalue weighted by atomic mass is 16.4. The van der Waals surface area contributed by atoms with E-state index in [1.807, 2.05) is 0 Å². The summed E-state index contributed by atoms with van der Waals surface area (Å²) in [7, 11) is 0. The molecular weight excluding hydrogens is 184 g/mol. The zero-order valence-electron chi connectivity index (χ0n) is 7.90. The zero-order valence-corrected chi connectivity index (χ0v) is 7.90. The third-order valence-electron chi connectivity index (χ3n) is 2.57. The Kier molecular flexibility index (Phi) is 3.68. The Morgan fingerprint density at radius 1 is 1.07 bits per heavy atom. The Labute approximate surface area is 82.2 Å². The maximum atomic E-state index is 10.8. The number of hydrogen-bond acceptors (Lipinski definition) is 2. The lowest BCUT2D eigenvalue weighted by Crippen LogP contribution is -2.17. The summed E-state index contributed by atoms with van der Waals surface area (Å²) in [5.74, 6) is -2.34. The van der Waals surface area contributed by atoms with Crippen molar-refractivity contribution in [1.82, 2.24) is 0 Å². The van der Waals surface area contributed by atoms with E-state index in [9.17, 15) is 9.59 Å². The molecule has 0 atom stereocenters. The van der Waals surface area contributed by atoms with Crippen LogP contribution in [0, 0.1) is 5.92 Å². The van der Waals surface area contributed by atoms with Crippen LogP contribution in [-0.2, 0) is 9.59 Å². The van der Waals surface area contributed by atoms with Crippen LogP contribution >= 0.6 is 0 Å². The minimum absolute atomic E-state index is 0.0530. The normalized spacial score (nSPS) is 19.3. The van der Waals surface area contributed by atoms with Crippen LogP contribution in [0.3, 0.4) is 0 Å². The largest absolute Gasteiger partial charge is 0.478 e. The van der Waals surface area contributed by atoms with E-state index in [0.29, 0.717) is 0 Å². The second-order valence-corrected chi connectivity index (χ2v) is 3.58. The summed E-state index contributed by atoms with van der Waals surface area (Å²) in [6.45, 7) is 0. The first kappa shape index (κ1) is 10.8. The van der Waals surface area contributed by atoms with Crippen LogP contribution in [0.4, 0.5) is 0 Å². The van der Waals surface area contributed by atoms with E-state index < -0.39 is 11.9 Å². The third-order valence-corrected chi connectivity index (χ3v) is 2.57. The van der Waals surface area contributed by atoms with Crippen molar-refractivity contribution in [3.63, 3.8) is 0 Å². The summed E-state index contributed by atoms with van der Waals surface area (Å²) < 4.78 is 0. The molecule has 2 N–H and O–H groups in total. The molecule has 1 saturated carbocycles. The number of hydrogen-bond donors (Lipinski definition) is 2. The van der Waals surface area contributed by atoms with Crippen molar-refractivity contribution in [3.05, 3.63) is 11.6 Å². The molecule has 1 fully saturated rings. The molecule has 0 radical (unpaired) electrons. The summed E-state index contributed by atoms with van der Waals surface area (Å²) in [6.07, 6.45) is 5.54. The first-order chi connectivity index (χ1) is 6.61. The Bertz CT molecular complexity index is 261. The van der Waals surface area contributed by atoms with Crippen LogP contribution in [0.2, 0.25) is 0 Å². The highest BCUT2D eigenvalue weighted by Crippen LogP contribution is 2.29. The van der Waals surface area contributed by atoms with Gasteiger partial charge in [-0.15, -0.1) is 0 Å². The van der Waals surface area contributed by atoms with Gasteiger partial charge in [0.2, 0.25) is 0 Å². The molecule has 0 aromatic rings. The minimum atomic E-state index is -1.17. The molecule has 0 saturated heterocycles. The summed E-state index contributed by atoms with van der Waals surface area (Å²) >= 11 is 0. The van der Waals surface area contributed by atoms with Crippen LogP contribution < -0.4 is 0 Å². The predicted molar refractivity (Wildman–Crippen MR) is 49.9 cm³/mol. The van der Waals surface area contributed by atoms with E-state index in [0.717, 1.165) is 38.2 Å². The van der Waals surface area contributed by atoms with E-state index in [1.54, 1.807) is 0 Å². The Morgan fingerprint density at radius 2 is 1.64 bits per heavy atom. The monoisotopic (exact) mass is 198 g/mol. The van der Waals surface area contributed by atoms with E-state index in [-0.39, 0.29) is 11.5 Å². The Hall–Kier alpha value is -1.32. The molecule has 4 nitrogen and oxygen atoms in total. The van der Waals surface area contributed by atoms with Crippen molar-refractivity contribution in [3.8, 4) is 0 Å². The molecule has 14 heavy (non-hydrogen) atoms. The van der Waals surface area contributed by atoms with Crippen LogP contribution in [0.15, 0.2) is 11.6 Å². The fourth-order valence-corrected chi connectivity index (χ4v) is 1.90. The number of carboxylic acid groups (broad SMARTS) is 2. The van der Waals surface area contributed by atoms with Gasteiger partial charge in [-0.05, 0) is 18.8 Å². The van der Waals surface area contributed by atoms with Gasteiger partial charge in [0.1, 0.15) is 0 Å². The number of rotatable bonds is 3. The average Bonchev–Trinajstić information content (AvgIpc) is 2.15. The fraction of sp³-hybridized carbons (Fsp3) is 0.600. The fourth-order valence-electron chi connectivity index (χ4n) is 1.90. The van der Waals surface area contributed by atoms with Crippen LogP contribution in [0.25, 0.3) is 0 Å². The third kappa shape index (κ3) is 2.87. The zero-order chi connectivity index (χ0) is 10.6. The van der Waals surface area contributed by atoms with E-state index >= 15 is 0 Å². The van der Waals surface area contributed by atoms with Crippen molar-refractivity contribution in [2.75, 3.05) is 0 Å². The molecule has 0 aromatic carbocycles. The van der Waals surface area contributed by atoms with Gasteiger partial charge in [0.15, 0.2) is 0 Å². The molecule has 0 spiro atoms. The average molecular weight is 198 g/mol. The van der Waals surface area contributed by atoms with Crippen LogP contribution in [-0.4, -0.2) is 22.2 Å². The highest BCUT2D eigenvalue weighted by Gasteiger charge is 2.23. The molecule has 1 aliphatic rings. The van der Waals surface area contributed by atoms with Gasteiger partial charge in [-0.2, -0.15) is 0 Å². The first-order valence-electron chi connectivity index (χ1n) is 4.79. The van der Waals surface area contributed by atoms with Gasteiger partial charge < -0.3 is 10.2 Å². The molecule has 1 aliphatic carbocycles. The van der Waals surface area contributed by atoms with Crippen LogP contribution in [0.1, 0.15) is 32.1 Å². The topological polar surface area (TPSA) is 74.6 Å². The van der Waals surface area contributed by atoms with Crippen LogP contribution in [0.5, 0.6) is 0 Å². The minimum Gasteiger partial charge on any atom is -0.478 e. The second kappa shape index (κ2) is 4.79. The maximum Gasteiger partial charge on any atom is 0.332 e. The number of carbonyl (C=O) groups is 2.